The number of sulfonamides is 1. The first-order chi connectivity index (χ1) is 11.8. The molecule has 0 saturated carbocycles. The van der Waals surface area contributed by atoms with Crippen LogP contribution >= 0.6 is 23.6 Å². The molecule has 0 bridgehead atoms. The number of piperazine rings is 1. The number of nitrogens with one attached hydrogen (secondary N) is 1. The number of aryl methyl sites for hydroxylation is 1. The van der Waals surface area contributed by atoms with E-state index in [1.165, 1.54) is 22.5 Å². The molecule has 0 atom stereocenters. The molecule has 1 saturated heterocycles. The average molecular weight is 404 g/mol. The molecule has 138 valence electrons. The van der Waals surface area contributed by atoms with Gasteiger partial charge in [-0.2, -0.15) is 4.31 Å². The van der Waals surface area contributed by atoms with Crippen LogP contribution in [0.4, 0.5) is 5.00 Å². The molecule has 10 heteroatoms. The summed E-state index contributed by atoms with van der Waals surface area (Å²) in [4.78, 5) is 15.3. The fourth-order valence-corrected chi connectivity index (χ4v) is 5.66. The molecule has 7 nitrogen and oxygen atoms in total. The maximum absolute atomic E-state index is 12.2. The number of nitrogens with zero attached hydrogens (tertiary/aromatic N) is 2. The second kappa shape index (κ2) is 7.18. The summed E-state index contributed by atoms with van der Waals surface area (Å²) in [7, 11) is -1.79. The molecule has 0 spiro atoms. The second-order valence-corrected chi connectivity index (χ2v) is 9.61. The maximum Gasteiger partial charge on any atom is 0.341 e. The molecule has 0 unspecified atom stereocenters. The molecule has 2 heterocycles. The number of carbonyl (C=O) groups is 1. The van der Waals surface area contributed by atoms with Crippen molar-refractivity contribution in [1.29, 1.82) is 0 Å². The van der Waals surface area contributed by atoms with Gasteiger partial charge in [-0.05, 0) is 37.0 Å². The Balaban J connectivity index is 1.71. The molecule has 25 heavy (non-hydrogen) atoms. The zero-order valence-corrected chi connectivity index (χ0v) is 16.7. The number of methoxy groups -OCH3 is 1. The van der Waals surface area contributed by atoms with Crippen LogP contribution in [0.1, 0.15) is 27.2 Å². The van der Waals surface area contributed by atoms with Crippen LogP contribution in [-0.4, -0.2) is 68.2 Å². The highest BCUT2D eigenvalue weighted by Gasteiger charge is 2.29. The van der Waals surface area contributed by atoms with E-state index in [9.17, 15) is 13.2 Å². The predicted molar refractivity (Wildman–Crippen MR) is 102 cm³/mol. The van der Waals surface area contributed by atoms with E-state index in [1.54, 1.807) is 11.3 Å². The van der Waals surface area contributed by atoms with Crippen LogP contribution in [0.15, 0.2) is 0 Å². The zero-order valence-electron chi connectivity index (χ0n) is 14.2. The van der Waals surface area contributed by atoms with E-state index in [1.807, 2.05) is 4.90 Å². The SMILES string of the molecule is COC(=O)c1c(NC(=S)N2CCN(S(C)(=O)=O)CC2)sc2c1CCC2. The van der Waals surface area contributed by atoms with Crippen molar-refractivity contribution in [3.8, 4) is 0 Å². The van der Waals surface area contributed by atoms with Gasteiger partial charge >= 0.3 is 5.97 Å². The smallest absolute Gasteiger partial charge is 0.341 e. The summed E-state index contributed by atoms with van der Waals surface area (Å²) in [5.41, 5.74) is 1.67. The van der Waals surface area contributed by atoms with E-state index in [0.29, 0.717) is 36.9 Å². The Morgan fingerprint density at radius 1 is 1.24 bits per heavy atom. The highest BCUT2D eigenvalue weighted by Crippen LogP contribution is 2.39. The van der Waals surface area contributed by atoms with Gasteiger partial charge in [0.1, 0.15) is 5.00 Å². The molecule has 3 rings (SSSR count). The van der Waals surface area contributed by atoms with Crippen LogP contribution < -0.4 is 5.32 Å². The lowest BCUT2D eigenvalue weighted by molar-refractivity contribution is 0.0601. The Morgan fingerprint density at radius 3 is 2.52 bits per heavy atom. The Bertz CT molecular complexity index is 795. The van der Waals surface area contributed by atoms with Crippen LogP contribution in [0.25, 0.3) is 0 Å². The summed E-state index contributed by atoms with van der Waals surface area (Å²) >= 11 is 7.04. The molecule has 1 N–H and O–H groups in total. The molecule has 1 aliphatic heterocycles. The van der Waals surface area contributed by atoms with Crippen molar-refractivity contribution < 1.29 is 17.9 Å². The van der Waals surface area contributed by atoms with Gasteiger partial charge < -0.3 is 15.0 Å². The number of thiocarbonyl (C=S) groups is 1. The van der Waals surface area contributed by atoms with Gasteiger partial charge in [-0.15, -0.1) is 11.3 Å². The minimum absolute atomic E-state index is 0.341. The van der Waals surface area contributed by atoms with Crippen molar-refractivity contribution in [1.82, 2.24) is 9.21 Å². The number of hydrogen-bond donors (Lipinski definition) is 1. The molecule has 1 fully saturated rings. The van der Waals surface area contributed by atoms with Crippen LogP contribution in [0, 0.1) is 0 Å². The van der Waals surface area contributed by atoms with Crippen molar-refractivity contribution in [3.63, 3.8) is 0 Å². The third-order valence-electron chi connectivity index (χ3n) is 4.53. The lowest BCUT2D eigenvalue weighted by Gasteiger charge is -2.34. The summed E-state index contributed by atoms with van der Waals surface area (Å²) in [6.07, 6.45) is 4.14. The largest absolute Gasteiger partial charge is 0.465 e. The second-order valence-electron chi connectivity index (χ2n) is 6.13. The van der Waals surface area contributed by atoms with Crippen LogP contribution in [0.2, 0.25) is 0 Å². The summed E-state index contributed by atoms with van der Waals surface area (Å²) in [5.74, 6) is -0.341. The monoisotopic (exact) mass is 403 g/mol. The summed E-state index contributed by atoms with van der Waals surface area (Å²) in [6, 6.07) is 0. The number of carbonyl (C=O) groups excluding carboxylic acids is 1. The Kier molecular flexibility index (Phi) is 5.33. The fraction of sp³-hybridized carbons (Fsp3) is 0.600. The molecule has 1 aromatic rings. The third-order valence-corrected chi connectivity index (χ3v) is 7.40. The van der Waals surface area contributed by atoms with Crippen LogP contribution in [-0.2, 0) is 27.6 Å². The average Bonchev–Trinajstić information content (AvgIpc) is 3.14. The Morgan fingerprint density at radius 2 is 1.92 bits per heavy atom. The van der Waals surface area contributed by atoms with Gasteiger partial charge in [-0.25, -0.2) is 13.2 Å². The molecule has 1 aromatic heterocycles. The predicted octanol–water partition coefficient (Wildman–Crippen LogP) is 1.30. The number of rotatable bonds is 3. The summed E-state index contributed by atoms with van der Waals surface area (Å²) in [6.45, 7) is 1.87. The zero-order chi connectivity index (χ0) is 18.2. The highest BCUT2D eigenvalue weighted by molar-refractivity contribution is 7.88. The van der Waals surface area contributed by atoms with Gasteiger partial charge in [0.25, 0.3) is 0 Å². The molecule has 0 aromatic carbocycles. The van der Waals surface area contributed by atoms with Gasteiger partial charge in [-0.3, -0.25) is 0 Å². The normalized spacial score (nSPS) is 18.1. The first kappa shape index (κ1) is 18.6. The molecule has 2 aliphatic rings. The first-order valence-electron chi connectivity index (χ1n) is 8.05. The minimum atomic E-state index is -3.17. The van der Waals surface area contributed by atoms with Crippen molar-refractivity contribution >= 4 is 49.7 Å². The van der Waals surface area contributed by atoms with E-state index in [-0.39, 0.29) is 5.97 Å². The van der Waals surface area contributed by atoms with Crippen molar-refractivity contribution in [2.45, 2.75) is 19.3 Å². The number of ether oxygens (including phenoxy) is 1. The molecular formula is C15H21N3O4S3. The van der Waals surface area contributed by atoms with Gasteiger partial charge in [0.15, 0.2) is 5.11 Å². The number of thiophene rings is 1. The topological polar surface area (TPSA) is 79.0 Å². The Labute approximate surface area is 157 Å². The molecule has 0 radical (unpaired) electrons. The van der Waals surface area contributed by atoms with Crippen LogP contribution in [0.5, 0.6) is 0 Å². The van der Waals surface area contributed by atoms with Gasteiger partial charge in [-0.1, -0.05) is 0 Å². The van der Waals surface area contributed by atoms with E-state index in [0.717, 1.165) is 29.8 Å². The van der Waals surface area contributed by atoms with Gasteiger partial charge in [0.05, 0.1) is 18.9 Å². The lowest BCUT2D eigenvalue weighted by atomic mass is 10.1. The number of esters is 1. The van der Waals surface area contributed by atoms with E-state index in [4.69, 9.17) is 17.0 Å². The molecule has 0 amide bonds. The van der Waals surface area contributed by atoms with Crippen molar-refractivity contribution in [2.75, 3.05) is 44.9 Å². The number of hydrogen-bond acceptors (Lipinski definition) is 6. The van der Waals surface area contributed by atoms with Gasteiger partial charge in [0, 0.05) is 31.1 Å². The summed E-state index contributed by atoms with van der Waals surface area (Å²) < 4.78 is 29.6. The Hall–Kier alpha value is -1.23. The van der Waals surface area contributed by atoms with Crippen molar-refractivity contribution in [2.24, 2.45) is 0 Å². The van der Waals surface area contributed by atoms with Crippen LogP contribution in [0.3, 0.4) is 0 Å². The molecular weight excluding hydrogens is 382 g/mol. The lowest BCUT2D eigenvalue weighted by Crippen LogP contribution is -2.51. The quantitative estimate of drug-likeness (QED) is 0.602. The summed E-state index contributed by atoms with van der Waals surface area (Å²) in [5, 5.41) is 4.43. The maximum atomic E-state index is 12.2. The number of fused-ring (bicyclic) bond motifs is 1. The van der Waals surface area contributed by atoms with E-state index in [2.05, 4.69) is 5.32 Å². The van der Waals surface area contributed by atoms with E-state index < -0.39 is 10.0 Å². The standard InChI is InChI=1S/C15H21N3O4S3/c1-22-14(19)12-10-4-3-5-11(10)24-13(12)16-15(23)17-6-8-18(9-7-17)25(2,20)21/h3-9H2,1-2H3,(H,16,23). The first-order valence-corrected chi connectivity index (χ1v) is 11.1. The molecule has 1 aliphatic carbocycles. The van der Waals surface area contributed by atoms with Crippen molar-refractivity contribution in [3.05, 3.63) is 16.0 Å². The third kappa shape index (κ3) is 3.81. The van der Waals surface area contributed by atoms with E-state index >= 15 is 0 Å². The minimum Gasteiger partial charge on any atom is -0.465 e. The van der Waals surface area contributed by atoms with Gasteiger partial charge in [0.2, 0.25) is 10.0 Å². The number of anilines is 1. The highest BCUT2D eigenvalue weighted by atomic mass is 32.2. The fourth-order valence-electron chi connectivity index (χ4n) is 3.21.